The second kappa shape index (κ2) is 11.2. The number of furan rings is 2. The molecule has 0 unspecified atom stereocenters. The molecule has 6 nitrogen and oxygen atoms in total. The van der Waals surface area contributed by atoms with Crippen LogP contribution in [-0.4, -0.2) is 19.9 Å². The van der Waals surface area contributed by atoms with E-state index >= 15 is 0 Å². The molecule has 0 aliphatic carbocycles. The highest BCUT2D eigenvalue weighted by Crippen LogP contribution is 2.42. The number of rotatable bonds is 4. The van der Waals surface area contributed by atoms with Crippen molar-refractivity contribution in [3.8, 4) is 45.3 Å². The third-order valence-corrected chi connectivity index (χ3v) is 9.98. The van der Waals surface area contributed by atoms with Crippen molar-refractivity contribution in [2.45, 2.75) is 0 Å². The Morgan fingerprint density at radius 3 is 1.81 bits per heavy atom. The highest BCUT2D eigenvalue weighted by atomic mass is 16.3. The smallest absolute Gasteiger partial charge is 0.164 e. The number of para-hydroxylation sites is 1. The van der Waals surface area contributed by atoms with Crippen molar-refractivity contribution in [2.75, 3.05) is 0 Å². The van der Waals surface area contributed by atoms with Crippen LogP contribution in [0, 0.1) is 0 Å². The number of nitrogens with zero attached hydrogens (tertiary/aromatic N) is 4. The molecule has 0 bridgehead atoms. The van der Waals surface area contributed by atoms with Gasteiger partial charge in [0.25, 0.3) is 0 Å². The van der Waals surface area contributed by atoms with E-state index in [-0.39, 0.29) is 0 Å². The summed E-state index contributed by atoms with van der Waals surface area (Å²) in [6.45, 7) is 0. The molecule has 4 aromatic heterocycles. The summed E-state index contributed by atoms with van der Waals surface area (Å²) in [6, 6.07) is 51.5. The quantitative estimate of drug-likeness (QED) is 0.186. The number of pyridine rings is 1. The van der Waals surface area contributed by atoms with Crippen molar-refractivity contribution in [2.24, 2.45) is 0 Å². The topological polar surface area (TPSA) is 77.8 Å². The monoisotopic (exact) mass is 666 g/mol. The van der Waals surface area contributed by atoms with Gasteiger partial charge in [0.1, 0.15) is 22.3 Å². The molecule has 4 heterocycles. The Morgan fingerprint density at radius 1 is 0.365 bits per heavy atom. The predicted molar refractivity (Wildman–Crippen MR) is 209 cm³/mol. The minimum atomic E-state index is 0.588. The number of aromatic nitrogens is 4. The van der Waals surface area contributed by atoms with Gasteiger partial charge in [0.2, 0.25) is 0 Å². The number of hydrogen-bond acceptors (Lipinski definition) is 6. The van der Waals surface area contributed by atoms with E-state index in [9.17, 15) is 0 Å². The van der Waals surface area contributed by atoms with E-state index in [1.165, 1.54) is 0 Å². The molecule has 242 valence electrons. The fraction of sp³-hybridized carbons (Fsp3) is 0. The van der Waals surface area contributed by atoms with Gasteiger partial charge in [-0.3, -0.25) is 4.98 Å². The van der Waals surface area contributed by atoms with Crippen LogP contribution in [0.2, 0.25) is 0 Å². The first kappa shape index (κ1) is 28.6. The SMILES string of the molecule is c1ccc(-c2nc(-c3cccc4c(-c5cccc6oc7cc8cccnc8cc7c56)cccc34)nc(-c3cccc4oc5ccccc5c34)n2)cc1. The summed E-state index contributed by atoms with van der Waals surface area (Å²) in [5.41, 5.74) is 9.16. The van der Waals surface area contributed by atoms with E-state index in [0.717, 1.165) is 93.4 Å². The lowest BCUT2D eigenvalue weighted by Crippen LogP contribution is -2.01. The Bertz CT molecular complexity index is 3200. The molecule has 0 aliphatic rings. The van der Waals surface area contributed by atoms with Gasteiger partial charge in [-0.05, 0) is 58.3 Å². The van der Waals surface area contributed by atoms with Crippen molar-refractivity contribution in [3.63, 3.8) is 0 Å². The van der Waals surface area contributed by atoms with Crippen LogP contribution in [0.5, 0.6) is 0 Å². The summed E-state index contributed by atoms with van der Waals surface area (Å²) < 4.78 is 12.7. The second-order valence-corrected chi connectivity index (χ2v) is 13.0. The van der Waals surface area contributed by atoms with Crippen molar-refractivity contribution in [1.29, 1.82) is 0 Å². The van der Waals surface area contributed by atoms with E-state index in [0.29, 0.717) is 17.5 Å². The zero-order valence-corrected chi connectivity index (χ0v) is 27.6. The Morgan fingerprint density at radius 2 is 0.962 bits per heavy atom. The molecular weight excluding hydrogens is 641 g/mol. The molecule has 0 N–H and O–H groups in total. The predicted octanol–water partition coefficient (Wildman–Crippen LogP) is 12.0. The molecule has 11 rings (SSSR count). The number of hydrogen-bond donors (Lipinski definition) is 0. The van der Waals surface area contributed by atoms with Crippen molar-refractivity contribution in [1.82, 2.24) is 19.9 Å². The number of benzene rings is 7. The molecule has 52 heavy (non-hydrogen) atoms. The minimum absolute atomic E-state index is 0.588. The fourth-order valence-corrected chi connectivity index (χ4v) is 7.65. The maximum Gasteiger partial charge on any atom is 0.164 e. The summed E-state index contributed by atoms with van der Waals surface area (Å²) in [5, 5.41) is 7.30. The van der Waals surface area contributed by atoms with Crippen LogP contribution >= 0.6 is 0 Å². The Balaban J connectivity index is 1.15. The van der Waals surface area contributed by atoms with E-state index in [1.807, 2.05) is 79.0 Å². The minimum Gasteiger partial charge on any atom is -0.456 e. The van der Waals surface area contributed by atoms with Gasteiger partial charge in [0.05, 0.1) is 5.52 Å². The molecule has 7 aromatic carbocycles. The molecule has 0 spiro atoms. The van der Waals surface area contributed by atoms with Crippen LogP contribution in [0.3, 0.4) is 0 Å². The van der Waals surface area contributed by atoms with E-state index in [1.54, 1.807) is 0 Å². The first-order valence-corrected chi connectivity index (χ1v) is 17.2. The first-order chi connectivity index (χ1) is 25.8. The lowest BCUT2D eigenvalue weighted by Gasteiger charge is -2.13. The van der Waals surface area contributed by atoms with Crippen LogP contribution < -0.4 is 0 Å². The fourth-order valence-electron chi connectivity index (χ4n) is 7.65. The van der Waals surface area contributed by atoms with Gasteiger partial charge in [-0.15, -0.1) is 0 Å². The molecule has 0 saturated heterocycles. The molecule has 0 atom stereocenters. The van der Waals surface area contributed by atoms with Crippen LogP contribution in [-0.2, 0) is 0 Å². The van der Waals surface area contributed by atoms with Gasteiger partial charge in [0, 0.05) is 49.8 Å². The molecular formula is C46H26N4O2. The van der Waals surface area contributed by atoms with Gasteiger partial charge < -0.3 is 8.83 Å². The van der Waals surface area contributed by atoms with Gasteiger partial charge >= 0.3 is 0 Å². The maximum atomic E-state index is 6.43. The lowest BCUT2D eigenvalue weighted by atomic mass is 9.92. The number of fused-ring (bicyclic) bond motifs is 8. The van der Waals surface area contributed by atoms with E-state index < -0.39 is 0 Å². The van der Waals surface area contributed by atoms with Crippen molar-refractivity contribution in [3.05, 3.63) is 158 Å². The zero-order chi connectivity index (χ0) is 34.2. The van der Waals surface area contributed by atoms with Crippen LogP contribution in [0.25, 0.3) is 111 Å². The largest absolute Gasteiger partial charge is 0.456 e. The summed E-state index contributed by atoms with van der Waals surface area (Å²) in [7, 11) is 0. The highest BCUT2D eigenvalue weighted by Gasteiger charge is 2.20. The summed E-state index contributed by atoms with van der Waals surface area (Å²) in [5.74, 6) is 1.79. The molecule has 6 heteroatoms. The molecule has 0 amide bonds. The molecule has 0 aliphatic heterocycles. The van der Waals surface area contributed by atoms with Crippen molar-refractivity contribution >= 4 is 65.6 Å². The molecule has 0 fully saturated rings. The van der Waals surface area contributed by atoms with Gasteiger partial charge in [-0.2, -0.15) is 0 Å². The van der Waals surface area contributed by atoms with E-state index in [4.69, 9.17) is 23.8 Å². The van der Waals surface area contributed by atoms with Crippen LogP contribution in [0.15, 0.2) is 167 Å². The van der Waals surface area contributed by atoms with Gasteiger partial charge in [0.15, 0.2) is 17.5 Å². The van der Waals surface area contributed by atoms with Crippen LogP contribution in [0.4, 0.5) is 0 Å². The third-order valence-electron chi connectivity index (χ3n) is 9.98. The standard InChI is InChI=1S/C46H26N4O2/c1-2-11-27(12-3-1)44-48-45(50-46(49-44)35-20-9-23-40-43(35)34-14-4-5-21-38(34)51-40)33-19-7-15-29-30(16-6-17-31(29)33)32-18-8-22-39-42(32)36-26-37-28(13-10-24-47-37)25-41(36)52-39/h1-26H. The first-order valence-electron chi connectivity index (χ1n) is 17.2. The molecule has 0 saturated carbocycles. The molecule has 11 aromatic rings. The Kier molecular flexibility index (Phi) is 6.15. The normalized spacial score (nSPS) is 11.8. The zero-order valence-electron chi connectivity index (χ0n) is 27.6. The summed E-state index contributed by atoms with van der Waals surface area (Å²) in [6.07, 6.45) is 1.83. The second-order valence-electron chi connectivity index (χ2n) is 13.0. The van der Waals surface area contributed by atoms with E-state index in [2.05, 4.69) is 83.8 Å². The molecule has 0 radical (unpaired) electrons. The average Bonchev–Trinajstić information content (AvgIpc) is 3.77. The average molecular weight is 667 g/mol. The van der Waals surface area contributed by atoms with Crippen LogP contribution in [0.1, 0.15) is 0 Å². The Labute approximate surface area is 296 Å². The van der Waals surface area contributed by atoms with Gasteiger partial charge in [-0.1, -0.05) is 115 Å². The lowest BCUT2D eigenvalue weighted by molar-refractivity contribution is 0.669. The summed E-state index contributed by atoms with van der Waals surface area (Å²) >= 11 is 0. The summed E-state index contributed by atoms with van der Waals surface area (Å²) in [4.78, 5) is 20.1. The van der Waals surface area contributed by atoms with Crippen molar-refractivity contribution < 1.29 is 8.83 Å². The highest BCUT2D eigenvalue weighted by molar-refractivity contribution is 6.18. The van der Waals surface area contributed by atoms with Gasteiger partial charge in [-0.25, -0.2) is 15.0 Å². The maximum absolute atomic E-state index is 6.43. The Hall–Kier alpha value is -7.18. The third kappa shape index (κ3) is 4.38.